The summed E-state index contributed by atoms with van der Waals surface area (Å²) in [6.45, 7) is 6.54. The fourth-order valence-electron chi connectivity index (χ4n) is 2.29. The number of thiophene rings is 1. The Kier molecular flexibility index (Phi) is 5.00. The third-order valence-corrected chi connectivity index (χ3v) is 4.74. The van der Waals surface area contributed by atoms with Gasteiger partial charge >= 0.3 is 0 Å². The molecule has 0 saturated heterocycles. The normalized spacial score (nSPS) is 11.9. The van der Waals surface area contributed by atoms with Crippen molar-refractivity contribution < 1.29 is 0 Å². The van der Waals surface area contributed by atoms with Crippen molar-refractivity contribution in [3.05, 3.63) is 62.9 Å². The second-order valence-electron chi connectivity index (χ2n) is 4.85. The van der Waals surface area contributed by atoms with E-state index in [0.29, 0.717) is 0 Å². The van der Waals surface area contributed by atoms with Crippen molar-refractivity contribution in [3.63, 3.8) is 0 Å². The maximum Gasteiger partial charge on any atom is 0.0374 e. The van der Waals surface area contributed by atoms with E-state index in [2.05, 4.69) is 72.4 Å². The number of hydrogen-bond acceptors (Lipinski definition) is 1. The van der Waals surface area contributed by atoms with Crippen molar-refractivity contribution in [3.8, 4) is 0 Å². The number of halogens is 1. The van der Waals surface area contributed by atoms with E-state index in [1.807, 2.05) is 11.3 Å². The smallest absolute Gasteiger partial charge is 0.0374 e. The predicted molar refractivity (Wildman–Crippen MR) is 90.5 cm³/mol. The lowest BCUT2D eigenvalue weighted by Crippen LogP contribution is -1.92. The number of hydrogen-bond donors (Lipinski definition) is 0. The highest BCUT2D eigenvalue weighted by Gasteiger charge is 2.11. The molecular weight excluding hydrogens is 316 g/mol. The molecule has 2 aromatic rings. The summed E-state index contributed by atoms with van der Waals surface area (Å²) in [6, 6.07) is 8.92. The molecule has 0 aliphatic rings. The molecule has 19 heavy (non-hydrogen) atoms. The molecule has 2 rings (SSSR count). The molecule has 2 heteroatoms. The van der Waals surface area contributed by atoms with E-state index in [9.17, 15) is 0 Å². The molecule has 0 amide bonds. The fourth-order valence-corrected chi connectivity index (χ4v) is 3.50. The van der Waals surface area contributed by atoms with Crippen LogP contribution in [0.4, 0.5) is 0 Å². The van der Waals surface area contributed by atoms with Crippen molar-refractivity contribution >= 4 is 32.8 Å². The van der Waals surface area contributed by atoms with Gasteiger partial charge in [0.05, 0.1) is 0 Å². The summed E-state index contributed by atoms with van der Waals surface area (Å²) in [4.78, 5) is 1.40. The van der Waals surface area contributed by atoms with Gasteiger partial charge in [0.2, 0.25) is 0 Å². The zero-order chi connectivity index (χ0) is 13.8. The van der Waals surface area contributed by atoms with Gasteiger partial charge in [0.1, 0.15) is 0 Å². The van der Waals surface area contributed by atoms with E-state index in [4.69, 9.17) is 0 Å². The van der Waals surface area contributed by atoms with Gasteiger partial charge in [0, 0.05) is 10.2 Å². The van der Waals surface area contributed by atoms with Crippen LogP contribution in [0.1, 0.15) is 33.6 Å². The van der Waals surface area contributed by atoms with Crippen molar-refractivity contribution in [2.45, 2.75) is 27.2 Å². The molecule has 0 spiro atoms. The van der Waals surface area contributed by atoms with E-state index in [0.717, 1.165) is 11.8 Å². The highest BCUT2D eigenvalue weighted by Crippen LogP contribution is 2.33. The SMILES string of the molecule is Cc1ccc(/C(=C/CCBr)c2sccc2C)c(C)c1. The maximum atomic E-state index is 3.52. The molecule has 1 heterocycles. The predicted octanol–water partition coefficient (Wildman–Crippen LogP) is 5.89. The Morgan fingerprint density at radius 1 is 1.16 bits per heavy atom. The van der Waals surface area contributed by atoms with Crippen LogP contribution in [-0.4, -0.2) is 5.33 Å². The van der Waals surface area contributed by atoms with Crippen molar-refractivity contribution in [2.75, 3.05) is 5.33 Å². The van der Waals surface area contributed by atoms with Crippen LogP contribution in [0.25, 0.3) is 5.57 Å². The van der Waals surface area contributed by atoms with Crippen LogP contribution in [0.2, 0.25) is 0 Å². The van der Waals surface area contributed by atoms with E-state index >= 15 is 0 Å². The van der Waals surface area contributed by atoms with Crippen LogP contribution in [0.5, 0.6) is 0 Å². The van der Waals surface area contributed by atoms with Gasteiger partial charge in [-0.2, -0.15) is 0 Å². The van der Waals surface area contributed by atoms with Crippen LogP contribution in [0.15, 0.2) is 35.7 Å². The molecule has 0 bridgehead atoms. The Hall–Kier alpha value is -0.860. The second-order valence-corrected chi connectivity index (χ2v) is 6.56. The second kappa shape index (κ2) is 6.53. The number of benzene rings is 1. The first kappa shape index (κ1) is 14.5. The number of aryl methyl sites for hydroxylation is 3. The summed E-state index contributed by atoms with van der Waals surface area (Å²) in [5.74, 6) is 0. The van der Waals surface area contributed by atoms with Crippen LogP contribution in [-0.2, 0) is 0 Å². The molecule has 0 radical (unpaired) electrons. The molecule has 0 atom stereocenters. The van der Waals surface area contributed by atoms with Crippen molar-refractivity contribution in [1.82, 2.24) is 0 Å². The third kappa shape index (κ3) is 3.37. The molecule has 1 aromatic carbocycles. The molecule has 0 saturated carbocycles. The molecule has 0 aliphatic heterocycles. The van der Waals surface area contributed by atoms with Gasteiger partial charge in [-0.25, -0.2) is 0 Å². The quantitative estimate of drug-likeness (QED) is 0.611. The zero-order valence-corrected chi connectivity index (χ0v) is 14.1. The van der Waals surface area contributed by atoms with Crippen LogP contribution in [0, 0.1) is 20.8 Å². The van der Waals surface area contributed by atoms with Gasteiger partial charge in [0.25, 0.3) is 0 Å². The Balaban J connectivity index is 2.53. The Morgan fingerprint density at radius 3 is 2.53 bits per heavy atom. The van der Waals surface area contributed by atoms with Crippen LogP contribution in [0.3, 0.4) is 0 Å². The molecule has 0 unspecified atom stereocenters. The summed E-state index contributed by atoms with van der Waals surface area (Å²) >= 11 is 5.35. The molecule has 100 valence electrons. The number of rotatable bonds is 4. The Morgan fingerprint density at radius 2 is 1.95 bits per heavy atom. The van der Waals surface area contributed by atoms with Gasteiger partial charge < -0.3 is 0 Å². The minimum atomic E-state index is 1.01. The van der Waals surface area contributed by atoms with E-state index < -0.39 is 0 Å². The molecule has 0 aliphatic carbocycles. The monoisotopic (exact) mass is 334 g/mol. The Bertz CT molecular complexity index is 593. The first-order chi connectivity index (χ1) is 9.13. The minimum absolute atomic E-state index is 1.01. The van der Waals surface area contributed by atoms with Gasteiger partial charge in [-0.05, 0) is 60.9 Å². The average molecular weight is 335 g/mol. The van der Waals surface area contributed by atoms with E-state index in [1.165, 1.54) is 32.7 Å². The summed E-state index contributed by atoms with van der Waals surface area (Å²) in [5, 5.41) is 3.18. The third-order valence-electron chi connectivity index (χ3n) is 3.24. The standard InChI is InChI=1S/C17H19BrS/c1-12-6-7-15(14(3)11-12)16(5-4-9-18)17-13(2)8-10-19-17/h5-8,10-11H,4,9H2,1-3H3/b16-5-. The molecular formula is C17H19BrS. The van der Waals surface area contributed by atoms with Gasteiger partial charge in [-0.1, -0.05) is 45.8 Å². The lowest BCUT2D eigenvalue weighted by molar-refractivity contribution is 1.25. The molecule has 0 N–H and O–H groups in total. The fraction of sp³-hybridized carbons (Fsp3) is 0.294. The largest absolute Gasteiger partial charge is 0.144 e. The molecule has 1 aromatic heterocycles. The molecule has 0 nitrogen and oxygen atoms in total. The number of alkyl halides is 1. The van der Waals surface area contributed by atoms with Crippen molar-refractivity contribution in [1.29, 1.82) is 0 Å². The number of allylic oxidation sites excluding steroid dienone is 1. The lowest BCUT2D eigenvalue weighted by atomic mass is 9.95. The summed E-state index contributed by atoms with van der Waals surface area (Å²) in [5.41, 5.74) is 6.78. The molecule has 0 fully saturated rings. The van der Waals surface area contributed by atoms with Crippen LogP contribution < -0.4 is 0 Å². The first-order valence-electron chi connectivity index (χ1n) is 6.51. The zero-order valence-electron chi connectivity index (χ0n) is 11.7. The van der Waals surface area contributed by atoms with Gasteiger partial charge in [-0.3, -0.25) is 0 Å². The summed E-state index contributed by atoms with van der Waals surface area (Å²) in [7, 11) is 0. The lowest BCUT2D eigenvalue weighted by Gasteiger charge is -2.12. The maximum absolute atomic E-state index is 3.52. The minimum Gasteiger partial charge on any atom is -0.144 e. The summed E-state index contributed by atoms with van der Waals surface area (Å²) < 4.78 is 0. The Labute approximate surface area is 128 Å². The van der Waals surface area contributed by atoms with Crippen LogP contribution >= 0.6 is 27.3 Å². The highest BCUT2D eigenvalue weighted by molar-refractivity contribution is 9.09. The topological polar surface area (TPSA) is 0 Å². The highest BCUT2D eigenvalue weighted by atomic mass is 79.9. The van der Waals surface area contributed by atoms with Crippen molar-refractivity contribution in [2.24, 2.45) is 0 Å². The summed E-state index contributed by atoms with van der Waals surface area (Å²) in [6.07, 6.45) is 3.41. The average Bonchev–Trinajstić information content (AvgIpc) is 2.78. The van der Waals surface area contributed by atoms with Gasteiger partial charge in [-0.15, -0.1) is 11.3 Å². The van der Waals surface area contributed by atoms with Gasteiger partial charge in [0.15, 0.2) is 0 Å². The van der Waals surface area contributed by atoms with E-state index in [1.54, 1.807) is 0 Å². The first-order valence-corrected chi connectivity index (χ1v) is 8.52. The van der Waals surface area contributed by atoms with E-state index in [-0.39, 0.29) is 0 Å².